The van der Waals surface area contributed by atoms with Crippen molar-refractivity contribution in [3.8, 4) is 5.75 Å². The minimum Gasteiger partial charge on any atom is -0.488 e. The van der Waals surface area contributed by atoms with Crippen LogP contribution < -0.4 is 4.74 Å². The maximum atomic E-state index is 13.2. The summed E-state index contributed by atoms with van der Waals surface area (Å²) in [5.74, 6) is -0.956. The van der Waals surface area contributed by atoms with Crippen molar-refractivity contribution >= 4 is 11.6 Å². The molecule has 2 aromatic carbocycles. The van der Waals surface area contributed by atoms with Crippen LogP contribution in [-0.4, -0.2) is 6.10 Å². The number of fused-ring (bicyclic) bond motifs is 1. The van der Waals surface area contributed by atoms with E-state index in [9.17, 15) is 8.78 Å². The highest BCUT2D eigenvalue weighted by Gasteiger charge is 2.30. The Hall–Kier alpha value is -1.61. The van der Waals surface area contributed by atoms with Crippen LogP contribution in [0.25, 0.3) is 0 Å². The SMILES string of the molecule is Fc1ccc(C(Cl)C2Cc3ccccc3O2)cc1F. The van der Waals surface area contributed by atoms with Crippen molar-refractivity contribution in [1.29, 1.82) is 0 Å². The van der Waals surface area contributed by atoms with Crippen molar-refractivity contribution in [2.24, 2.45) is 0 Å². The molecule has 0 fully saturated rings. The number of benzene rings is 2. The lowest BCUT2D eigenvalue weighted by Gasteiger charge is -2.17. The third-order valence-corrected chi connectivity index (χ3v) is 3.79. The molecule has 1 aliphatic rings. The van der Waals surface area contributed by atoms with E-state index in [0.717, 1.165) is 23.4 Å². The topological polar surface area (TPSA) is 9.23 Å². The van der Waals surface area contributed by atoms with Crippen LogP contribution in [0.1, 0.15) is 16.5 Å². The molecule has 0 bridgehead atoms. The van der Waals surface area contributed by atoms with Gasteiger partial charge in [0, 0.05) is 6.42 Å². The van der Waals surface area contributed by atoms with Crippen LogP contribution in [0.15, 0.2) is 42.5 Å². The zero-order valence-corrected chi connectivity index (χ0v) is 10.7. The molecular formula is C15H11ClF2O. The summed E-state index contributed by atoms with van der Waals surface area (Å²) in [5.41, 5.74) is 1.61. The first-order valence-corrected chi connectivity index (χ1v) is 6.42. The van der Waals surface area contributed by atoms with E-state index < -0.39 is 17.0 Å². The van der Waals surface area contributed by atoms with Gasteiger partial charge in [-0.25, -0.2) is 8.78 Å². The van der Waals surface area contributed by atoms with Gasteiger partial charge in [-0.2, -0.15) is 0 Å². The Balaban J connectivity index is 1.82. The van der Waals surface area contributed by atoms with Crippen molar-refractivity contribution < 1.29 is 13.5 Å². The van der Waals surface area contributed by atoms with Crippen molar-refractivity contribution in [1.82, 2.24) is 0 Å². The molecule has 1 nitrogen and oxygen atoms in total. The van der Waals surface area contributed by atoms with Crippen molar-refractivity contribution in [3.63, 3.8) is 0 Å². The second-order valence-corrected chi connectivity index (χ2v) is 5.01. The molecule has 3 rings (SSSR count). The number of alkyl halides is 1. The maximum Gasteiger partial charge on any atom is 0.159 e. The first-order valence-electron chi connectivity index (χ1n) is 5.99. The second-order valence-electron chi connectivity index (χ2n) is 4.54. The van der Waals surface area contributed by atoms with Gasteiger partial charge < -0.3 is 4.74 Å². The summed E-state index contributed by atoms with van der Waals surface area (Å²) in [5, 5.41) is -0.512. The Labute approximate surface area is 114 Å². The van der Waals surface area contributed by atoms with Crippen molar-refractivity contribution in [2.75, 3.05) is 0 Å². The first kappa shape index (κ1) is 12.4. The summed E-state index contributed by atoms with van der Waals surface area (Å²) < 4.78 is 31.9. The number of para-hydroxylation sites is 1. The largest absolute Gasteiger partial charge is 0.488 e. The van der Waals surface area contributed by atoms with Gasteiger partial charge in [-0.3, -0.25) is 0 Å². The van der Waals surface area contributed by atoms with Crippen LogP contribution in [0.4, 0.5) is 8.78 Å². The smallest absolute Gasteiger partial charge is 0.159 e. The standard InChI is InChI=1S/C15H11ClF2O/c16-15(10-5-6-11(17)12(18)7-10)14-8-9-3-1-2-4-13(9)19-14/h1-7,14-15H,8H2. The molecule has 0 amide bonds. The zero-order chi connectivity index (χ0) is 13.4. The molecule has 1 aliphatic heterocycles. The Morgan fingerprint density at radius 1 is 1.11 bits per heavy atom. The number of halogens is 3. The fourth-order valence-corrected chi connectivity index (χ4v) is 2.55. The lowest BCUT2D eigenvalue weighted by atomic mass is 10.0. The van der Waals surface area contributed by atoms with Gasteiger partial charge in [0.05, 0.1) is 5.38 Å². The van der Waals surface area contributed by atoms with Crippen LogP contribution in [0.3, 0.4) is 0 Å². The number of ether oxygens (including phenoxy) is 1. The number of rotatable bonds is 2. The molecule has 19 heavy (non-hydrogen) atoms. The van der Waals surface area contributed by atoms with E-state index in [2.05, 4.69) is 0 Å². The molecule has 0 saturated carbocycles. The molecule has 0 N–H and O–H groups in total. The van der Waals surface area contributed by atoms with E-state index in [1.54, 1.807) is 0 Å². The third kappa shape index (κ3) is 2.30. The predicted octanol–water partition coefficient (Wildman–Crippen LogP) is 4.25. The molecule has 0 aromatic heterocycles. The van der Waals surface area contributed by atoms with Crippen LogP contribution in [0.5, 0.6) is 5.75 Å². The summed E-state index contributed by atoms with van der Waals surface area (Å²) in [4.78, 5) is 0. The predicted molar refractivity (Wildman–Crippen MR) is 69.5 cm³/mol. The zero-order valence-electron chi connectivity index (χ0n) is 9.95. The van der Waals surface area contributed by atoms with Gasteiger partial charge in [0.1, 0.15) is 11.9 Å². The highest BCUT2D eigenvalue weighted by atomic mass is 35.5. The fraction of sp³-hybridized carbons (Fsp3) is 0.200. The summed E-state index contributed by atoms with van der Waals surface area (Å²) in [6.45, 7) is 0. The Kier molecular flexibility index (Phi) is 3.15. The van der Waals surface area contributed by atoms with Crippen molar-refractivity contribution in [3.05, 3.63) is 65.2 Å². The lowest BCUT2D eigenvalue weighted by molar-refractivity contribution is 0.227. The maximum absolute atomic E-state index is 13.2. The number of hydrogen-bond acceptors (Lipinski definition) is 1. The first-order chi connectivity index (χ1) is 9.15. The monoisotopic (exact) mass is 280 g/mol. The van der Waals surface area contributed by atoms with Gasteiger partial charge >= 0.3 is 0 Å². The molecule has 0 saturated heterocycles. The minimum atomic E-state index is -0.890. The van der Waals surface area contributed by atoms with E-state index in [1.165, 1.54) is 6.07 Å². The minimum absolute atomic E-state index is 0.260. The highest BCUT2D eigenvalue weighted by molar-refractivity contribution is 6.21. The van der Waals surface area contributed by atoms with E-state index in [4.69, 9.17) is 16.3 Å². The molecule has 1 heterocycles. The Bertz CT molecular complexity index is 590. The lowest BCUT2D eigenvalue weighted by Crippen LogP contribution is -2.19. The molecule has 2 unspecified atom stereocenters. The van der Waals surface area contributed by atoms with Crippen LogP contribution in [0.2, 0.25) is 0 Å². The average Bonchev–Trinajstić information content (AvgIpc) is 2.85. The van der Waals surface area contributed by atoms with Gasteiger partial charge in [-0.15, -0.1) is 11.6 Å². The average molecular weight is 281 g/mol. The molecule has 0 radical (unpaired) electrons. The third-order valence-electron chi connectivity index (χ3n) is 3.26. The normalized spacial score (nSPS) is 18.8. The van der Waals surface area contributed by atoms with Crippen molar-refractivity contribution in [2.45, 2.75) is 17.9 Å². The number of hydrogen-bond donors (Lipinski definition) is 0. The molecule has 2 atom stereocenters. The van der Waals surface area contributed by atoms with E-state index in [0.29, 0.717) is 12.0 Å². The summed E-state index contributed by atoms with van der Waals surface area (Å²) >= 11 is 6.31. The molecule has 0 aliphatic carbocycles. The van der Waals surface area contributed by atoms with Gasteiger partial charge in [0.2, 0.25) is 0 Å². The molecule has 98 valence electrons. The Morgan fingerprint density at radius 3 is 2.63 bits per heavy atom. The van der Waals surface area contributed by atoms with Crippen LogP contribution in [-0.2, 0) is 6.42 Å². The highest BCUT2D eigenvalue weighted by Crippen LogP contribution is 2.37. The molecule has 4 heteroatoms. The second kappa shape index (κ2) is 4.82. The van der Waals surface area contributed by atoms with Gasteiger partial charge in [-0.1, -0.05) is 24.3 Å². The van der Waals surface area contributed by atoms with Gasteiger partial charge in [-0.05, 0) is 29.3 Å². The summed E-state index contributed by atoms with van der Waals surface area (Å²) in [7, 11) is 0. The Morgan fingerprint density at radius 2 is 1.89 bits per heavy atom. The quantitative estimate of drug-likeness (QED) is 0.747. The van der Waals surface area contributed by atoms with Crippen LogP contribution >= 0.6 is 11.6 Å². The fourth-order valence-electron chi connectivity index (χ4n) is 2.27. The summed E-state index contributed by atoms with van der Waals surface area (Å²) in [6.07, 6.45) is 0.410. The molecule has 0 spiro atoms. The molecular weight excluding hydrogens is 270 g/mol. The molecule has 2 aromatic rings. The van der Waals surface area contributed by atoms with Crippen LogP contribution in [0, 0.1) is 11.6 Å². The van der Waals surface area contributed by atoms with Gasteiger partial charge in [0.15, 0.2) is 11.6 Å². The van der Waals surface area contributed by atoms with E-state index >= 15 is 0 Å². The van der Waals surface area contributed by atoms with Gasteiger partial charge in [0.25, 0.3) is 0 Å². The summed E-state index contributed by atoms with van der Waals surface area (Å²) in [6, 6.07) is 11.4. The van der Waals surface area contributed by atoms with E-state index in [1.807, 2.05) is 24.3 Å². The van der Waals surface area contributed by atoms with E-state index in [-0.39, 0.29) is 6.10 Å².